The molecular formula is C17H13N3O4. The van der Waals surface area contributed by atoms with E-state index < -0.39 is 10.8 Å². The number of oxazole rings is 1. The second-order valence-electron chi connectivity index (χ2n) is 5.10. The molecule has 3 aromatic rings. The van der Waals surface area contributed by atoms with Crippen molar-refractivity contribution < 1.29 is 14.1 Å². The van der Waals surface area contributed by atoms with Crippen LogP contribution in [0.3, 0.4) is 0 Å². The minimum atomic E-state index is -0.487. The van der Waals surface area contributed by atoms with Crippen LogP contribution in [0.4, 0.5) is 11.4 Å². The van der Waals surface area contributed by atoms with E-state index >= 15 is 0 Å². The van der Waals surface area contributed by atoms with E-state index in [-0.39, 0.29) is 5.69 Å². The zero-order chi connectivity index (χ0) is 17.1. The first-order valence-electron chi connectivity index (χ1n) is 7.12. The highest BCUT2D eigenvalue weighted by molar-refractivity contribution is 6.02. The standard InChI is InChI=1S/C17H13N3O4/c1-11-6-7-12(10-14(11)20(22)23)18-16(21)8-9-17-19-13-4-2-3-5-15(13)24-17/h2-10H,1H3,(H,18,21)/b9-8+. The summed E-state index contributed by atoms with van der Waals surface area (Å²) in [5, 5.41) is 13.5. The Bertz CT molecular complexity index is 926. The number of aromatic nitrogens is 1. The van der Waals surface area contributed by atoms with Crippen LogP contribution in [0.25, 0.3) is 17.2 Å². The van der Waals surface area contributed by atoms with Crippen molar-refractivity contribution >= 4 is 34.5 Å². The average molecular weight is 323 g/mol. The molecule has 2 aromatic carbocycles. The van der Waals surface area contributed by atoms with Crippen molar-refractivity contribution in [3.63, 3.8) is 0 Å². The third kappa shape index (κ3) is 3.30. The summed E-state index contributed by atoms with van der Waals surface area (Å²) in [6.07, 6.45) is 2.70. The molecule has 1 heterocycles. The lowest BCUT2D eigenvalue weighted by molar-refractivity contribution is -0.385. The summed E-state index contributed by atoms with van der Waals surface area (Å²) in [6, 6.07) is 11.8. The number of para-hydroxylation sites is 2. The van der Waals surface area contributed by atoms with Crippen LogP contribution < -0.4 is 5.32 Å². The fourth-order valence-corrected chi connectivity index (χ4v) is 2.18. The third-order valence-corrected chi connectivity index (χ3v) is 3.36. The first kappa shape index (κ1) is 15.4. The van der Waals surface area contributed by atoms with Crippen LogP contribution in [0.2, 0.25) is 0 Å². The molecule has 120 valence electrons. The second-order valence-corrected chi connectivity index (χ2v) is 5.10. The molecule has 0 spiro atoms. The van der Waals surface area contributed by atoms with Gasteiger partial charge in [0.1, 0.15) is 5.52 Å². The van der Waals surface area contributed by atoms with Crippen LogP contribution >= 0.6 is 0 Å². The number of benzene rings is 2. The summed E-state index contributed by atoms with van der Waals surface area (Å²) in [6.45, 7) is 1.64. The predicted octanol–water partition coefficient (Wildman–Crippen LogP) is 3.70. The molecule has 0 atom stereocenters. The summed E-state index contributed by atoms with van der Waals surface area (Å²) < 4.78 is 5.47. The Labute approximate surface area is 136 Å². The number of hydrogen-bond donors (Lipinski definition) is 1. The highest BCUT2D eigenvalue weighted by Gasteiger charge is 2.11. The minimum absolute atomic E-state index is 0.0456. The molecule has 7 nitrogen and oxygen atoms in total. The maximum Gasteiger partial charge on any atom is 0.274 e. The van der Waals surface area contributed by atoms with Gasteiger partial charge in [0, 0.05) is 29.5 Å². The Balaban J connectivity index is 1.73. The molecule has 0 fully saturated rings. The van der Waals surface area contributed by atoms with Gasteiger partial charge >= 0.3 is 0 Å². The minimum Gasteiger partial charge on any atom is -0.437 e. The zero-order valence-electron chi connectivity index (χ0n) is 12.7. The largest absolute Gasteiger partial charge is 0.437 e. The summed E-state index contributed by atoms with van der Waals surface area (Å²) in [7, 11) is 0. The maximum atomic E-state index is 11.9. The molecule has 1 amide bonds. The molecule has 0 aliphatic rings. The Kier molecular flexibility index (Phi) is 4.07. The Morgan fingerprint density at radius 2 is 2.08 bits per heavy atom. The number of hydrogen-bond acceptors (Lipinski definition) is 5. The highest BCUT2D eigenvalue weighted by atomic mass is 16.6. The van der Waals surface area contributed by atoms with Crippen LogP contribution in [-0.2, 0) is 4.79 Å². The first-order valence-corrected chi connectivity index (χ1v) is 7.12. The summed E-state index contributed by atoms with van der Waals surface area (Å²) in [5.41, 5.74) is 2.16. The van der Waals surface area contributed by atoms with Gasteiger partial charge in [0.25, 0.3) is 5.69 Å². The van der Waals surface area contributed by atoms with Gasteiger partial charge in [-0.25, -0.2) is 4.98 Å². The van der Waals surface area contributed by atoms with Gasteiger partial charge in [0.15, 0.2) is 5.58 Å². The lowest BCUT2D eigenvalue weighted by Crippen LogP contribution is -2.08. The molecule has 24 heavy (non-hydrogen) atoms. The SMILES string of the molecule is Cc1ccc(NC(=O)/C=C/c2nc3ccccc3o2)cc1[N+](=O)[O-]. The normalized spacial score (nSPS) is 11.0. The van der Waals surface area contributed by atoms with E-state index in [0.717, 1.165) is 0 Å². The number of anilines is 1. The number of nitro groups is 1. The third-order valence-electron chi connectivity index (χ3n) is 3.36. The predicted molar refractivity (Wildman–Crippen MR) is 89.5 cm³/mol. The molecule has 0 saturated heterocycles. The lowest BCUT2D eigenvalue weighted by Gasteiger charge is -2.03. The van der Waals surface area contributed by atoms with Crippen molar-refractivity contribution in [2.75, 3.05) is 5.32 Å². The van der Waals surface area contributed by atoms with Crippen molar-refractivity contribution in [2.45, 2.75) is 6.92 Å². The van der Waals surface area contributed by atoms with Gasteiger partial charge in [-0.1, -0.05) is 18.2 Å². The molecule has 3 rings (SSSR count). The molecule has 0 unspecified atom stereocenters. The van der Waals surface area contributed by atoms with Crippen LogP contribution in [0.5, 0.6) is 0 Å². The number of carbonyl (C=O) groups is 1. The summed E-state index contributed by atoms with van der Waals surface area (Å²) in [5.74, 6) is -0.128. The zero-order valence-corrected chi connectivity index (χ0v) is 12.7. The van der Waals surface area contributed by atoms with Crippen molar-refractivity contribution in [1.29, 1.82) is 0 Å². The van der Waals surface area contributed by atoms with E-state index in [9.17, 15) is 14.9 Å². The molecule has 7 heteroatoms. The molecule has 0 saturated carbocycles. The highest BCUT2D eigenvalue weighted by Crippen LogP contribution is 2.22. The number of nitrogens with zero attached hydrogens (tertiary/aromatic N) is 2. The van der Waals surface area contributed by atoms with Gasteiger partial charge in [-0.05, 0) is 25.1 Å². The molecule has 1 N–H and O–H groups in total. The number of rotatable bonds is 4. The van der Waals surface area contributed by atoms with E-state index in [1.54, 1.807) is 25.1 Å². The van der Waals surface area contributed by atoms with E-state index in [2.05, 4.69) is 10.3 Å². The van der Waals surface area contributed by atoms with Crippen LogP contribution in [0, 0.1) is 17.0 Å². The average Bonchev–Trinajstić information content (AvgIpc) is 2.97. The van der Waals surface area contributed by atoms with Crippen molar-refractivity contribution in [1.82, 2.24) is 4.98 Å². The van der Waals surface area contributed by atoms with Crippen LogP contribution in [-0.4, -0.2) is 15.8 Å². The maximum absolute atomic E-state index is 11.9. The van der Waals surface area contributed by atoms with Gasteiger partial charge in [-0.2, -0.15) is 0 Å². The van der Waals surface area contributed by atoms with Gasteiger partial charge < -0.3 is 9.73 Å². The fourth-order valence-electron chi connectivity index (χ4n) is 2.18. The number of aryl methyl sites for hydroxylation is 1. The van der Waals surface area contributed by atoms with Crippen molar-refractivity contribution in [2.24, 2.45) is 0 Å². The van der Waals surface area contributed by atoms with Gasteiger partial charge in [0.05, 0.1) is 4.92 Å². The molecule has 0 bridgehead atoms. The number of fused-ring (bicyclic) bond motifs is 1. The Hall–Kier alpha value is -3.48. The van der Waals surface area contributed by atoms with Crippen molar-refractivity contribution in [3.8, 4) is 0 Å². The Morgan fingerprint density at radius 1 is 1.29 bits per heavy atom. The van der Waals surface area contributed by atoms with E-state index in [1.807, 2.05) is 18.2 Å². The summed E-state index contributed by atoms with van der Waals surface area (Å²) >= 11 is 0. The number of carbonyl (C=O) groups excluding carboxylic acids is 1. The van der Waals surface area contributed by atoms with Gasteiger partial charge in [-0.3, -0.25) is 14.9 Å². The topological polar surface area (TPSA) is 98.3 Å². The van der Waals surface area contributed by atoms with Gasteiger partial charge in [-0.15, -0.1) is 0 Å². The number of amides is 1. The smallest absolute Gasteiger partial charge is 0.274 e. The fraction of sp³-hybridized carbons (Fsp3) is 0.0588. The monoisotopic (exact) mass is 323 g/mol. The van der Waals surface area contributed by atoms with Gasteiger partial charge in [0.2, 0.25) is 11.8 Å². The van der Waals surface area contributed by atoms with E-state index in [1.165, 1.54) is 18.2 Å². The molecule has 0 aliphatic carbocycles. The van der Waals surface area contributed by atoms with Crippen molar-refractivity contribution in [3.05, 3.63) is 70.1 Å². The molecular weight excluding hydrogens is 310 g/mol. The first-order chi connectivity index (χ1) is 11.5. The molecule has 1 aromatic heterocycles. The summed E-state index contributed by atoms with van der Waals surface area (Å²) in [4.78, 5) is 26.6. The van der Waals surface area contributed by atoms with Crippen LogP contribution in [0.1, 0.15) is 11.5 Å². The lowest BCUT2D eigenvalue weighted by atomic mass is 10.2. The van der Waals surface area contributed by atoms with E-state index in [4.69, 9.17) is 4.42 Å². The number of nitrogens with one attached hydrogen (secondary N) is 1. The second kappa shape index (κ2) is 6.33. The molecule has 0 aliphatic heterocycles. The van der Waals surface area contributed by atoms with E-state index in [0.29, 0.717) is 28.2 Å². The number of nitro benzene ring substituents is 1. The van der Waals surface area contributed by atoms with Crippen LogP contribution in [0.15, 0.2) is 53.0 Å². The Morgan fingerprint density at radius 3 is 2.83 bits per heavy atom. The quantitative estimate of drug-likeness (QED) is 0.448. The molecule has 0 radical (unpaired) electrons.